The zero-order chi connectivity index (χ0) is 25.3. The van der Waals surface area contributed by atoms with Crippen molar-refractivity contribution in [2.24, 2.45) is 0 Å². The van der Waals surface area contributed by atoms with Crippen molar-refractivity contribution in [3.8, 4) is 5.75 Å². The van der Waals surface area contributed by atoms with Crippen LogP contribution in [0.4, 0.5) is 24.5 Å². The molecule has 0 unspecified atom stereocenters. The highest BCUT2D eigenvalue weighted by molar-refractivity contribution is 7.93. The molecule has 0 atom stereocenters. The van der Waals surface area contributed by atoms with Gasteiger partial charge in [-0.25, -0.2) is 16.8 Å². The second-order valence-electron chi connectivity index (χ2n) is 7.14. The normalized spacial score (nSPS) is 12.3. The Morgan fingerprint density at radius 1 is 0.743 bits per heavy atom. The molecule has 0 saturated heterocycles. The highest BCUT2D eigenvalue weighted by atomic mass is 32.2. The summed E-state index contributed by atoms with van der Waals surface area (Å²) in [5, 5.41) is 0.628. The van der Waals surface area contributed by atoms with Crippen LogP contribution in [0.15, 0.2) is 94.9 Å². The van der Waals surface area contributed by atoms with E-state index in [0.29, 0.717) is 5.39 Å². The molecule has 0 aliphatic carbocycles. The summed E-state index contributed by atoms with van der Waals surface area (Å²) in [7, 11) is -8.26. The van der Waals surface area contributed by atoms with Gasteiger partial charge in [0.1, 0.15) is 10.6 Å². The molecule has 0 fully saturated rings. The predicted molar refractivity (Wildman–Crippen MR) is 123 cm³/mol. The van der Waals surface area contributed by atoms with E-state index in [0.717, 1.165) is 24.3 Å². The summed E-state index contributed by atoms with van der Waals surface area (Å²) in [5.41, 5.74) is 0.376. The number of sulfonamides is 2. The van der Waals surface area contributed by atoms with Crippen molar-refractivity contribution < 1.29 is 34.7 Å². The number of alkyl halides is 3. The minimum absolute atomic E-state index is 0.0249. The lowest BCUT2D eigenvalue weighted by atomic mass is 10.2. The minimum atomic E-state index is -4.91. The number of pyridine rings is 1. The summed E-state index contributed by atoms with van der Waals surface area (Å²) in [6.07, 6.45) is -3.44. The molecule has 2 N–H and O–H groups in total. The van der Waals surface area contributed by atoms with Crippen LogP contribution in [0.1, 0.15) is 0 Å². The number of halogens is 3. The fourth-order valence-corrected chi connectivity index (χ4v) is 5.46. The lowest BCUT2D eigenvalue weighted by molar-refractivity contribution is -0.274. The van der Waals surface area contributed by atoms with Crippen molar-refractivity contribution >= 4 is 42.3 Å². The Kier molecular flexibility index (Phi) is 6.30. The molecule has 35 heavy (non-hydrogen) atoms. The summed E-state index contributed by atoms with van der Waals surface area (Å²) in [6.45, 7) is 0. The van der Waals surface area contributed by atoms with Crippen LogP contribution in [0.5, 0.6) is 5.75 Å². The van der Waals surface area contributed by atoms with E-state index >= 15 is 0 Å². The Labute approximate surface area is 198 Å². The van der Waals surface area contributed by atoms with Gasteiger partial charge in [0.05, 0.1) is 21.8 Å². The number of nitrogens with zero attached hydrogens (tertiary/aromatic N) is 1. The second-order valence-corrected chi connectivity index (χ2v) is 10.5. The van der Waals surface area contributed by atoms with Crippen LogP contribution in [0.2, 0.25) is 0 Å². The molecule has 4 rings (SSSR count). The molecule has 13 heteroatoms. The lowest BCUT2D eigenvalue weighted by Gasteiger charge is -2.13. The molecular formula is C22H16F3N3O5S2. The number of para-hydroxylation sites is 1. The number of rotatable bonds is 7. The topological polar surface area (TPSA) is 114 Å². The van der Waals surface area contributed by atoms with Gasteiger partial charge in [0, 0.05) is 11.6 Å². The number of benzene rings is 3. The van der Waals surface area contributed by atoms with Gasteiger partial charge in [-0.2, -0.15) is 0 Å². The van der Waals surface area contributed by atoms with Gasteiger partial charge < -0.3 is 4.74 Å². The Bertz CT molecular complexity index is 1590. The molecule has 1 heterocycles. The van der Waals surface area contributed by atoms with E-state index < -0.39 is 32.2 Å². The van der Waals surface area contributed by atoms with Crippen LogP contribution in [-0.2, 0) is 20.0 Å². The van der Waals surface area contributed by atoms with Gasteiger partial charge in [-0.3, -0.25) is 14.4 Å². The van der Waals surface area contributed by atoms with E-state index in [1.807, 2.05) is 0 Å². The minimum Gasteiger partial charge on any atom is -0.406 e. The smallest absolute Gasteiger partial charge is 0.406 e. The van der Waals surface area contributed by atoms with Crippen LogP contribution in [0.3, 0.4) is 0 Å². The van der Waals surface area contributed by atoms with Crippen LogP contribution in [-0.4, -0.2) is 28.2 Å². The van der Waals surface area contributed by atoms with Crippen molar-refractivity contribution in [2.75, 3.05) is 9.44 Å². The average Bonchev–Trinajstić information content (AvgIpc) is 2.77. The summed E-state index contributed by atoms with van der Waals surface area (Å²) in [6, 6.07) is 17.2. The molecule has 4 aromatic rings. The van der Waals surface area contributed by atoms with Crippen LogP contribution < -0.4 is 14.2 Å². The fourth-order valence-electron chi connectivity index (χ4n) is 3.18. The zero-order valence-electron chi connectivity index (χ0n) is 17.5. The second kappa shape index (κ2) is 9.07. The van der Waals surface area contributed by atoms with Gasteiger partial charge in [-0.05, 0) is 54.6 Å². The van der Waals surface area contributed by atoms with Gasteiger partial charge in [-0.1, -0.05) is 24.3 Å². The third-order valence-electron chi connectivity index (χ3n) is 4.62. The molecule has 0 aliphatic rings. The number of hydrogen-bond donors (Lipinski definition) is 2. The highest BCUT2D eigenvalue weighted by Gasteiger charge is 2.31. The molecule has 0 saturated carbocycles. The molecule has 182 valence electrons. The monoisotopic (exact) mass is 523 g/mol. The summed E-state index contributed by atoms with van der Waals surface area (Å²) in [5.74, 6) is -0.573. The number of ether oxygens (including phenoxy) is 1. The maximum Gasteiger partial charge on any atom is 0.573 e. The molecule has 0 bridgehead atoms. The van der Waals surface area contributed by atoms with E-state index in [-0.39, 0.29) is 26.7 Å². The lowest BCUT2D eigenvalue weighted by Crippen LogP contribution is -2.17. The van der Waals surface area contributed by atoms with E-state index in [1.165, 1.54) is 36.5 Å². The third-order valence-corrected chi connectivity index (χ3v) is 7.43. The predicted octanol–water partition coefficient (Wildman–Crippen LogP) is 4.74. The molecule has 8 nitrogen and oxygen atoms in total. The Balaban J connectivity index is 1.55. The SMILES string of the molecule is O=S(=O)(Nc1cccc(NS(=O)(=O)c2cccc3cccnc23)c1)c1ccc(OC(F)(F)F)cc1. The fraction of sp³-hybridized carbons (Fsp3) is 0.0455. The number of aromatic nitrogens is 1. The zero-order valence-corrected chi connectivity index (χ0v) is 19.2. The van der Waals surface area contributed by atoms with Crippen molar-refractivity contribution in [3.63, 3.8) is 0 Å². The molecule has 0 spiro atoms. The first-order valence-corrected chi connectivity index (χ1v) is 12.7. The molecule has 0 amide bonds. The van der Waals surface area contributed by atoms with E-state index in [9.17, 15) is 30.0 Å². The maximum absolute atomic E-state index is 13.0. The van der Waals surface area contributed by atoms with Crippen LogP contribution >= 0.6 is 0 Å². The van der Waals surface area contributed by atoms with Gasteiger partial charge >= 0.3 is 6.36 Å². The van der Waals surface area contributed by atoms with E-state index in [4.69, 9.17) is 0 Å². The molecule has 1 aromatic heterocycles. The van der Waals surface area contributed by atoms with E-state index in [2.05, 4.69) is 19.2 Å². The number of fused-ring (bicyclic) bond motifs is 1. The Morgan fingerprint density at radius 3 is 2.00 bits per heavy atom. The quantitative estimate of drug-likeness (QED) is 0.362. The first-order valence-electron chi connectivity index (χ1n) is 9.78. The first kappa shape index (κ1) is 24.3. The number of nitrogens with one attached hydrogen (secondary N) is 2. The third kappa shape index (κ3) is 5.81. The number of anilines is 2. The van der Waals surface area contributed by atoms with Crippen molar-refractivity contribution in [1.82, 2.24) is 4.98 Å². The summed E-state index contributed by atoms with van der Waals surface area (Å²) < 4.78 is 96.5. The Morgan fingerprint density at radius 2 is 1.34 bits per heavy atom. The molecular weight excluding hydrogens is 507 g/mol. The molecule has 3 aromatic carbocycles. The van der Waals surface area contributed by atoms with Gasteiger partial charge in [-0.15, -0.1) is 13.2 Å². The van der Waals surface area contributed by atoms with E-state index in [1.54, 1.807) is 24.3 Å². The molecule has 0 aliphatic heterocycles. The van der Waals surface area contributed by atoms with Gasteiger partial charge in [0.15, 0.2) is 0 Å². The van der Waals surface area contributed by atoms with Crippen LogP contribution in [0, 0.1) is 0 Å². The van der Waals surface area contributed by atoms with Gasteiger partial charge in [0.25, 0.3) is 20.0 Å². The average molecular weight is 524 g/mol. The van der Waals surface area contributed by atoms with Crippen LogP contribution in [0.25, 0.3) is 10.9 Å². The standard InChI is InChI=1S/C22H16F3N3O5S2/c23-22(24,25)33-18-9-11-19(12-10-18)34(29,30)27-16-6-2-7-17(14-16)28-35(31,32)20-8-1-4-15-5-3-13-26-21(15)20/h1-14,27-28H. The summed E-state index contributed by atoms with van der Waals surface area (Å²) in [4.78, 5) is 3.76. The first-order chi connectivity index (χ1) is 16.4. The van der Waals surface area contributed by atoms with Gasteiger partial charge in [0.2, 0.25) is 0 Å². The van der Waals surface area contributed by atoms with Crippen molar-refractivity contribution in [2.45, 2.75) is 16.2 Å². The maximum atomic E-state index is 13.0. The number of hydrogen-bond acceptors (Lipinski definition) is 6. The Hall–Kier alpha value is -3.84. The summed E-state index contributed by atoms with van der Waals surface area (Å²) >= 11 is 0. The highest BCUT2D eigenvalue weighted by Crippen LogP contribution is 2.27. The van der Waals surface area contributed by atoms with Crippen molar-refractivity contribution in [1.29, 1.82) is 0 Å². The van der Waals surface area contributed by atoms with Crippen molar-refractivity contribution in [3.05, 3.63) is 85.1 Å². The largest absolute Gasteiger partial charge is 0.573 e. The molecule has 0 radical (unpaired) electrons.